The van der Waals surface area contributed by atoms with E-state index in [0.717, 1.165) is 6.42 Å². The minimum atomic E-state index is -0.884. The summed E-state index contributed by atoms with van der Waals surface area (Å²) in [6, 6.07) is -1.19. The Balaban J connectivity index is 1.76. The fourth-order valence-electron chi connectivity index (χ4n) is 5.65. The summed E-state index contributed by atoms with van der Waals surface area (Å²) in [4.78, 5) is 26.2. The second-order valence-electron chi connectivity index (χ2n) is 8.43. The molecule has 1 saturated heterocycles. The number of carboxylic acid groups (broad SMARTS) is 1. The zero-order valence-electron chi connectivity index (χ0n) is 15.4. The van der Waals surface area contributed by atoms with Crippen LogP contribution < -0.4 is 5.73 Å². The van der Waals surface area contributed by atoms with Crippen LogP contribution in [0.1, 0.15) is 77.0 Å². The Morgan fingerprint density at radius 3 is 1.84 bits per heavy atom. The number of hydrogen-bond donors (Lipinski definition) is 2. The molecule has 25 heavy (non-hydrogen) atoms. The number of likely N-dealkylation sites (tertiary alicyclic amines) is 1. The number of amides is 1. The highest BCUT2D eigenvalue weighted by Crippen LogP contribution is 2.41. The number of carboxylic acids is 1. The van der Waals surface area contributed by atoms with Crippen molar-refractivity contribution >= 4 is 11.9 Å². The van der Waals surface area contributed by atoms with Crippen LogP contribution >= 0.6 is 0 Å². The number of nitrogens with two attached hydrogens (primary N) is 1. The van der Waals surface area contributed by atoms with Gasteiger partial charge in [-0.05, 0) is 30.6 Å². The first-order chi connectivity index (χ1) is 12.1. The molecule has 0 aromatic heterocycles. The van der Waals surface area contributed by atoms with Gasteiger partial charge in [0, 0.05) is 6.54 Å². The average Bonchev–Trinajstić information content (AvgIpc) is 3.13. The van der Waals surface area contributed by atoms with Gasteiger partial charge < -0.3 is 15.7 Å². The van der Waals surface area contributed by atoms with E-state index < -0.39 is 18.1 Å². The SMILES string of the molecule is N[C@@H](C(=O)N1CCC[C@H]1C(=O)O)C(C1CCCCC1)C1CCCCC1. The quantitative estimate of drug-likeness (QED) is 0.798. The lowest BCUT2D eigenvalue weighted by Gasteiger charge is -2.41. The summed E-state index contributed by atoms with van der Waals surface area (Å²) in [5.41, 5.74) is 6.58. The van der Waals surface area contributed by atoms with E-state index in [1.54, 1.807) is 4.90 Å². The third kappa shape index (κ3) is 4.18. The molecular formula is C20H34N2O3. The van der Waals surface area contributed by atoms with Gasteiger partial charge in [0.25, 0.3) is 0 Å². The van der Waals surface area contributed by atoms with Gasteiger partial charge in [0.1, 0.15) is 6.04 Å². The van der Waals surface area contributed by atoms with E-state index in [1.165, 1.54) is 64.2 Å². The topological polar surface area (TPSA) is 83.6 Å². The Kier molecular flexibility index (Phi) is 6.37. The van der Waals surface area contributed by atoms with Gasteiger partial charge >= 0.3 is 5.97 Å². The summed E-state index contributed by atoms with van der Waals surface area (Å²) in [6.07, 6.45) is 13.6. The molecule has 3 rings (SSSR count). The zero-order valence-corrected chi connectivity index (χ0v) is 15.4. The van der Waals surface area contributed by atoms with E-state index in [4.69, 9.17) is 5.73 Å². The van der Waals surface area contributed by atoms with Gasteiger partial charge in [-0.15, -0.1) is 0 Å². The van der Waals surface area contributed by atoms with Crippen molar-refractivity contribution in [2.24, 2.45) is 23.5 Å². The third-order valence-corrected chi connectivity index (χ3v) is 6.91. The molecule has 0 aromatic carbocycles. The molecular weight excluding hydrogens is 316 g/mol. The number of aliphatic carboxylic acids is 1. The second-order valence-corrected chi connectivity index (χ2v) is 8.43. The molecule has 1 amide bonds. The minimum absolute atomic E-state index is 0.106. The van der Waals surface area contributed by atoms with E-state index in [-0.39, 0.29) is 11.8 Å². The monoisotopic (exact) mass is 350 g/mol. The normalized spacial score (nSPS) is 27.6. The molecule has 0 radical (unpaired) electrons. The third-order valence-electron chi connectivity index (χ3n) is 6.91. The number of hydrogen-bond acceptors (Lipinski definition) is 3. The van der Waals surface area contributed by atoms with Crippen molar-refractivity contribution < 1.29 is 14.7 Å². The highest BCUT2D eigenvalue weighted by molar-refractivity contribution is 5.87. The Morgan fingerprint density at radius 1 is 0.840 bits per heavy atom. The van der Waals surface area contributed by atoms with Crippen molar-refractivity contribution in [3.05, 3.63) is 0 Å². The first kappa shape index (κ1) is 18.7. The Bertz CT molecular complexity index is 452. The maximum absolute atomic E-state index is 13.1. The van der Waals surface area contributed by atoms with Crippen molar-refractivity contribution in [2.75, 3.05) is 6.54 Å². The summed E-state index contributed by atoms with van der Waals surface area (Å²) >= 11 is 0. The van der Waals surface area contributed by atoms with Crippen LogP contribution in [0.4, 0.5) is 0 Å². The van der Waals surface area contributed by atoms with Crippen molar-refractivity contribution in [1.82, 2.24) is 4.90 Å². The average molecular weight is 351 g/mol. The maximum Gasteiger partial charge on any atom is 0.326 e. The minimum Gasteiger partial charge on any atom is -0.480 e. The molecule has 2 atom stereocenters. The van der Waals surface area contributed by atoms with E-state index in [9.17, 15) is 14.7 Å². The highest BCUT2D eigenvalue weighted by Gasteiger charge is 2.43. The van der Waals surface area contributed by atoms with Gasteiger partial charge in [-0.2, -0.15) is 0 Å². The van der Waals surface area contributed by atoms with Crippen LogP contribution in [0.15, 0.2) is 0 Å². The predicted molar refractivity (Wildman–Crippen MR) is 97.0 cm³/mol. The molecule has 0 spiro atoms. The molecule has 2 aliphatic carbocycles. The van der Waals surface area contributed by atoms with Crippen LogP contribution in [-0.4, -0.2) is 40.5 Å². The van der Waals surface area contributed by atoms with Gasteiger partial charge in [-0.25, -0.2) is 4.79 Å². The molecule has 0 aromatic rings. The van der Waals surface area contributed by atoms with Gasteiger partial charge in [0.2, 0.25) is 5.91 Å². The van der Waals surface area contributed by atoms with Crippen molar-refractivity contribution in [3.63, 3.8) is 0 Å². The second kappa shape index (κ2) is 8.52. The molecule has 3 fully saturated rings. The predicted octanol–water partition coefficient (Wildman–Crippen LogP) is 3.17. The van der Waals surface area contributed by atoms with Crippen LogP contribution in [0.5, 0.6) is 0 Å². The van der Waals surface area contributed by atoms with E-state index in [2.05, 4.69) is 0 Å². The van der Waals surface area contributed by atoms with E-state index >= 15 is 0 Å². The molecule has 5 nitrogen and oxygen atoms in total. The number of carbonyl (C=O) groups is 2. The summed E-state index contributed by atoms with van der Waals surface area (Å²) in [6.45, 7) is 0.547. The summed E-state index contributed by atoms with van der Waals surface area (Å²) in [5.74, 6) is 0.336. The fraction of sp³-hybridized carbons (Fsp3) is 0.900. The van der Waals surface area contributed by atoms with Crippen LogP contribution in [0, 0.1) is 17.8 Å². The first-order valence-corrected chi connectivity index (χ1v) is 10.4. The van der Waals surface area contributed by atoms with Gasteiger partial charge in [0.15, 0.2) is 0 Å². The molecule has 0 unspecified atom stereocenters. The van der Waals surface area contributed by atoms with Crippen molar-refractivity contribution in [2.45, 2.75) is 89.1 Å². The molecule has 1 aliphatic heterocycles. The summed E-state index contributed by atoms with van der Waals surface area (Å²) in [7, 11) is 0. The first-order valence-electron chi connectivity index (χ1n) is 10.4. The number of nitrogens with zero attached hydrogens (tertiary/aromatic N) is 1. The molecule has 3 N–H and O–H groups in total. The largest absolute Gasteiger partial charge is 0.480 e. The van der Waals surface area contributed by atoms with Crippen LogP contribution in [0.2, 0.25) is 0 Å². The fourth-order valence-corrected chi connectivity index (χ4v) is 5.65. The lowest BCUT2D eigenvalue weighted by atomic mass is 9.66. The smallest absolute Gasteiger partial charge is 0.326 e. The molecule has 1 heterocycles. The van der Waals surface area contributed by atoms with E-state index in [0.29, 0.717) is 24.8 Å². The van der Waals surface area contributed by atoms with Gasteiger partial charge in [0.05, 0.1) is 6.04 Å². The molecule has 3 aliphatic rings. The Hall–Kier alpha value is -1.10. The van der Waals surface area contributed by atoms with Crippen LogP contribution in [0.25, 0.3) is 0 Å². The molecule has 0 bridgehead atoms. The van der Waals surface area contributed by atoms with Gasteiger partial charge in [-0.3, -0.25) is 4.79 Å². The standard InChI is InChI=1S/C20H34N2O3/c21-18(19(23)22-13-7-12-16(22)20(24)25)17(14-8-3-1-4-9-14)15-10-5-2-6-11-15/h14-18H,1-13,21H2,(H,24,25)/t16-,18+/m0/s1. The molecule has 5 heteroatoms. The zero-order chi connectivity index (χ0) is 17.8. The lowest BCUT2D eigenvalue weighted by Crippen LogP contribution is -2.54. The summed E-state index contributed by atoms with van der Waals surface area (Å²) in [5, 5.41) is 9.42. The van der Waals surface area contributed by atoms with Crippen LogP contribution in [0.3, 0.4) is 0 Å². The number of rotatable bonds is 5. The Morgan fingerprint density at radius 2 is 1.36 bits per heavy atom. The van der Waals surface area contributed by atoms with Gasteiger partial charge in [-0.1, -0.05) is 64.2 Å². The highest BCUT2D eigenvalue weighted by atomic mass is 16.4. The summed E-state index contributed by atoms with van der Waals surface area (Å²) < 4.78 is 0. The van der Waals surface area contributed by atoms with Crippen molar-refractivity contribution in [3.8, 4) is 0 Å². The number of carbonyl (C=O) groups excluding carboxylic acids is 1. The van der Waals surface area contributed by atoms with Crippen molar-refractivity contribution in [1.29, 1.82) is 0 Å². The maximum atomic E-state index is 13.1. The van der Waals surface area contributed by atoms with E-state index in [1.807, 2.05) is 0 Å². The molecule has 142 valence electrons. The van der Waals surface area contributed by atoms with Crippen LogP contribution in [-0.2, 0) is 9.59 Å². The lowest BCUT2D eigenvalue weighted by molar-refractivity contribution is -0.149. The Labute approximate surface area is 151 Å². The molecule has 2 saturated carbocycles.